The summed E-state index contributed by atoms with van der Waals surface area (Å²) in [4.78, 5) is 40.6. The summed E-state index contributed by atoms with van der Waals surface area (Å²) in [6, 6.07) is 5.41. The second kappa shape index (κ2) is 14.2. The number of hydrogen-bond donors (Lipinski definition) is 0. The van der Waals surface area contributed by atoms with Crippen molar-refractivity contribution in [1.82, 2.24) is 9.80 Å². The van der Waals surface area contributed by atoms with E-state index < -0.39 is 0 Å². The number of methoxy groups -OCH3 is 1. The predicted octanol–water partition coefficient (Wildman–Crippen LogP) is 4.41. The van der Waals surface area contributed by atoms with E-state index >= 15 is 0 Å². The molecule has 0 aliphatic carbocycles. The molecule has 1 aromatic carbocycles. The molecule has 2 saturated heterocycles. The number of esters is 1. The minimum absolute atomic E-state index is 0.0183. The summed E-state index contributed by atoms with van der Waals surface area (Å²) >= 11 is 6.70. The minimum atomic E-state index is -0.222. The number of carbonyl (C=O) groups excluding carboxylic acids is 3. The maximum Gasteiger partial charge on any atom is 0.305 e. The van der Waals surface area contributed by atoms with Gasteiger partial charge in [-0.1, -0.05) is 36.5 Å². The molecule has 0 radical (unpaired) electrons. The van der Waals surface area contributed by atoms with E-state index in [4.69, 9.17) is 21.7 Å². The van der Waals surface area contributed by atoms with Crippen LogP contribution in [0.1, 0.15) is 57.4 Å². The van der Waals surface area contributed by atoms with E-state index in [9.17, 15) is 14.4 Å². The third-order valence-corrected chi connectivity index (χ3v) is 7.37. The van der Waals surface area contributed by atoms with Crippen molar-refractivity contribution in [2.24, 2.45) is 0 Å². The molecule has 0 unspecified atom stereocenters. The van der Waals surface area contributed by atoms with Crippen molar-refractivity contribution in [1.29, 1.82) is 0 Å². The van der Waals surface area contributed by atoms with E-state index in [1.165, 1.54) is 18.9 Å². The molecular formula is C26H34N2O6S2. The summed E-state index contributed by atoms with van der Waals surface area (Å²) in [7, 11) is 1.38. The van der Waals surface area contributed by atoms with E-state index in [0.717, 1.165) is 57.2 Å². The highest BCUT2D eigenvalue weighted by atomic mass is 32.2. The number of unbranched alkanes of at least 4 members (excludes halogenated alkanes) is 2. The van der Waals surface area contributed by atoms with Crippen LogP contribution in [-0.4, -0.2) is 71.9 Å². The summed E-state index contributed by atoms with van der Waals surface area (Å²) in [5.41, 5.74) is 0.784. The molecule has 2 amide bonds. The van der Waals surface area contributed by atoms with E-state index in [0.29, 0.717) is 40.3 Å². The number of ether oxygens (including phenoxy) is 3. The van der Waals surface area contributed by atoms with Crippen LogP contribution in [0.5, 0.6) is 11.5 Å². The van der Waals surface area contributed by atoms with Gasteiger partial charge in [0.2, 0.25) is 0 Å². The highest BCUT2D eigenvalue weighted by Crippen LogP contribution is 2.35. The van der Waals surface area contributed by atoms with Crippen molar-refractivity contribution in [3.8, 4) is 11.5 Å². The fourth-order valence-electron chi connectivity index (χ4n) is 4.04. The molecule has 36 heavy (non-hydrogen) atoms. The molecule has 0 atom stereocenters. The van der Waals surface area contributed by atoms with Crippen LogP contribution in [0, 0.1) is 0 Å². The molecule has 0 saturated carbocycles. The van der Waals surface area contributed by atoms with Crippen molar-refractivity contribution < 1.29 is 28.6 Å². The largest absolute Gasteiger partial charge is 0.490 e. The van der Waals surface area contributed by atoms with Crippen molar-refractivity contribution in [3.05, 3.63) is 28.7 Å². The van der Waals surface area contributed by atoms with Gasteiger partial charge in [-0.15, -0.1) is 0 Å². The maximum absolute atomic E-state index is 12.9. The number of hydrogen-bond acceptors (Lipinski definition) is 8. The molecule has 2 heterocycles. The summed E-state index contributed by atoms with van der Waals surface area (Å²) in [5, 5.41) is 0. The van der Waals surface area contributed by atoms with Gasteiger partial charge in [-0.3, -0.25) is 19.3 Å². The van der Waals surface area contributed by atoms with Crippen LogP contribution >= 0.6 is 24.0 Å². The van der Waals surface area contributed by atoms with E-state index in [2.05, 4.69) is 4.74 Å². The smallest absolute Gasteiger partial charge is 0.305 e. The van der Waals surface area contributed by atoms with Gasteiger partial charge in [0.15, 0.2) is 18.1 Å². The van der Waals surface area contributed by atoms with Crippen molar-refractivity contribution in [2.45, 2.75) is 51.9 Å². The number of thiocarbonyl (C=S) groups is 1. The first kappa shape index (κ1) is 28.0. The summed E-state index contributed by atoms with van der Waals surface area (Å²) in [6.45, 7) is 4.38. The van der Waals surface area contributed by atoms with Gasteiger partial charge in [-0.25, -0.2) is 0 Å². The molecule has 10 heteroatoms. The summed E-state index contributed by atoms with van der Waals surface area (Å²) in [6.07, 6.45) is 7.69. The fraction of sp³-hybridized carbons (Fsp3) is 0.538. The molecule has 8 nitrogen and oxygen atoms in total. The van der Waals surface area contributed by atoms with Crippen molar-refractivity contribution in [3.63, 3.8) is 0 Å². The van der Waals surface area contributed by atoms with Crippen LogP contribution < -0.4 is 9.47 Å². The number of rotatable bonds is 12. The average molecular weight is 535 g/mol. The Morgan fingerprint density at radius 3 is 2.58 bits per heavy atom. The lowest BCUT2D eigenvalue weighted by atomic mass is 10.1. The molecule has 196 valence electrons. The lowest BCUT2D eigenvalue weighted by molar-refractivity contribution is -0.140. The molecule has 0 aromatic heterocycles. The second-order valence-electron chi connectivity index (χ2n) is 8.59. The Bertz CT molecular complexity index is 991. The van der Waals surface area contributed by atoms with Crippen LogP contribution in [0.4, 0.5) is 0 Å². The number of thioether (sulfide) groups is 1. The first-order valence-electron chi connectivity index (χ1n) is 12.4. The highest BCUT2D eigenvalue weighted by Gasteiger charge is 2.31. The van der Waals surface area contributed by atoms with Gasteiger partial charge in [-0.05, 0) is 62.8 Å². The van der Waals surface area contributed by atoms with Gasteiger partial charge < -0.3 is 19.1 Å². The van der Waals surface area contributed by atoms with E-state index in [1.54, 1.807) is 17.0 Å². The van der Waals surface area contributed by atoms with Crippen LogP contribution in [0.3, 0.4) is 0 Å². The van der Waals surface area contributed by atoms with Crippen molar-refractivity contribution in [2.75, 3.05) is 40.0 Å². The predicted molar refractivity (Wildman–Crippen MR) is 144 cm³/mol. The Morgan fingerprint density at radius 1 is 1.08 bits per heavy atom. The zero-order valence-electron chi connectivity index (χ0n) is 21.0. The van der Waals surface area contributed by atoms with Crippen LogP contribution in [0.2, 0.25) is 0 Å². The van der Waals surface area contributed by atoms with Crippen LogP contribution in [0.25, 0.3) is 6.08 Å². The van der Waals surface area contributed by atoms with Gasteiger partial charge in [-0.2, -0.15) is 0 Å². The molecule has 2 aliphatic rings. The Hall–Kier alpha value is -2.59. The van der Waals surface area contributed by atoms with Crippen LogP contribution in [-0.2, 0) is 19.1 Å². The number of benzene rings is 1. The average Bonchev–Trinajstić information content (AvgIpc) is 3.15. The zero-order valence-corrected chi connectivity index (χ0v) is 22.6. The van der Waals surface area contributed by atoms with Gasteiger partial charge in [0.1, 0.15) is 4.32 Å². The molecule has 0 N–H and O–H groups in total. The van der Waals surface area contributed by atoms with E-state index in [-0.39, 0.29) is 24.4 Å². The molecule has 1 aromatic rings. The summed E-state index contributed by atoms with van der Waals surface area (Å²) < 4.78 is 16.7. The Kier molecular flexibility index (Phi) is 11.1. The fourth-order valence-corrected chi connectivity index (χ4v) is 5.35. The Labute approximate surface area is 222 Å². The second-order valence-corrected chi connectivity index (χ2v) is 10.3. The molecule has 0 bridgehead atoms. The van der Waals surface area contributed by atoms with Gasteiger partial charge in [0.25, 0.3) is 11.8 Å². The number of piperidine rings is 1. The SMILES string of the molecule is CCOc1cc(/C=C2/SC(=S)N(CCCCCC(=O)OC)C2=O)ccc1OCC(=O)N1CCCCC1. The normalized spacial score (nSPS) is 17.0. The monoisotopic (exact) mass is 534 g/mol. The molecular weight excluding hydrogens is 500 g/mol. The summed E-state index contributed by atoms with van der Waals surface area (Å²) in [5.74, 6) is 0.663. The van der Waals surface area contributed by atoms with Crippen molar-refractivity contribution >= 4 is 52.2 Å². The highest BCUT2D eigenvalue weighted by molar-refractivity contribution is 8.26. The minimum Gasteiger partial charge on any atom is -0.490 e. The van der Waals surface area contributed by atoms with Gasteiger partial charge in [0.05, 0.1) is 18.6 Å². The molecule has 2 fully saturated rings. The quantitative estimate of drug-likeness (QED) is 0.169. The van der Waals surface area contributed by atoms with E-state index in [1.807, 2.05) is 24.0 Å². The molecule has 3 rings (SSSR count). The number of nitrogens with zero attached hydrogens (tertiary/aromatic N) is 2. The molecule has 2 aliphatic heterocycles. The van der Waals surface area contributed by atoms with Crippen LogP contribution in [0.15, 0.2) is 23.1 Å². The number of amides is 2. The lowest BCUT2D eigenvalue weighted by Crippen LogP contribution is -2.38. The zero-order chi connectivity index (χ0) is 25.9. The molecule has 0 spiro atoms. The third-order valence-electron chi connectivity index (χ3n) is 5.99. The number of carbonyl (C=O) groups is 3. The number of likely N-dealkylation sites (tertiary alicyclic amines) is 1. The van der Waals surface area contributed by atoms with Gasteiger partial charge in [0, 0.05) is 26.1 Å². The van der Waals surface area contributed by atoms with Gasteiger partial charge >= 0.3 is 5.97 Å². The third kappa shape index (κ3) is 7.96. The maximum atomic E-state index is 12.9. The first-order chi connectivity index (χ1) is 17.4. The Morgan fingerprint density at radius 2 is 1.86 bits per heavy atom. The lowest BCUT2D eigenvalue weighted by Gasteiger charge is -2.26. The first-order valence-corrected chi connectivity index (χ1v) is 13.6. The topological polar surface area (TPSA) is 85.4 Å². The Balaban J connectivity index is 1.59. The standard InChI is InChI=1S/C26H34N2O6S2/c1-3-33-21-16-19(11-12-20(21)34-18-23(29)27-13-7-5-8-14-27)17-22-25(31)28(26(35)36-22)15-9-4-6-10-24(30)32-2/h11-12,16-17H,3-10,13-15,18H2,1-2H3/b22-17+.